The van der Waals surface area contributed by atoms with Crippen molar-refractivity contribution in [3.8, 4) is 0 Å². The van der Waals surface area contributed by atoms with E-state index in [1.54, 1.807) is 0 Å². The summed E-state index contributed by atoms with van der Waals surface area (Å²) in [5.41, 5.74) is 3.07. The van der Waals surface area contributed by atoms with Crippen LogP contribution in [0.5, 0.6) is 0 Å². The Morgan fingerprint density at radius 3 is 2.81 bits per heavy atom. The van der Waals surface area contributed by atoms with Gasteiger partial charge in [0, 0.05) is 18.3 Å². The Bertz CT molecular complexity index is 472. The molecule has 0 aliphatic heterocycles. The molecule has 5 nitrogen and oxygen atoms in total. The topological polar surface area (TPSA) is 55.9 Å². The summed E-state index contributed by atoms with van der Waals surface area (Å²) in [7, 11) is 1.88. The van der Waals surface area contributed by atoms with E-state index in [2.05, 4.69) is 15.6 Å². The van der Waals surface area contributed by atoms with Crippen LogP contribution >= 0.6 is 0 Å². The molecule has 2 aromatic rings. The van der Waals surface area contributed by atoms with Gasteiger partial charge in [-0.05, 0) is 27.0 Å². The van der Waals surface area contributed by atoms with Gasteiger partial charge in [-0.25, -0.2) is 0 Å². The molecule has 16 heavy (non-hydrogen) atoms. The Morgan fingerprint density at radius 2 is 2.19 bits per heavy atom. The number of nitrogens with zero attached hydrogens (tertiary/aromatic N) is 3. The van der Waals surface area contributed by atoms with Gasteiger partial charge in [-0.3, -0.25) is 4.68 Å². The maximum atomic E-state index is 5.23. The fourth-order valence-corrected chi connectivity index (χ4v) is 1.68. The van der Waals surface area contributed by atoms with E-state index in [0.29, 0.717) is 6.54 Å². The van der Waals surface area contributed by atoms with Crippen molar-refractivity contribution in [3.05, 3.63) is 35.0 Å². The van der Waals surface area contributed by atoms with Gasteiger partial charge in [0.15, 0.2) is 5.76 Å². The first kappa shape index (κ1) is 10.9. The van der Waals surface area contributed by atoms with E-state index >= 15 is 0 Å². The molecule has 0 atom stereocenters. The van der Waals surface area contributed by atoms with Crippen LogP contribution < -0.4 is 5.32 Å². The van der Waals surface area contributed by atoms with Crippen LogP contribution in [0.1, 0.15) is 22.8 Å². The van der Waals surface area contributed by atoms with E-state index < -0.39 is 0 Å². The Labute approximate surface area is 94.4 Å². The third-order valence-electron chi connectivity index (χ3n) is 2.37. The lowest BCUT2D eigenvalue weighted by Crippen LogP contribution is -2.05. The third-order valence-corrected chi connectivity index (χ3v) is 2.37. The second kappa shape index (κ2) is 4.49. The quantitative estimate of drug-likeness (QED) is 0.842. The molecular formula is C11H16N4O. The number of nitrogens with one attached hydrogen (secondary N) is 1. The third kappa shape index (κ3) is 2.30. The number of hydrogen-bond donors (Lipinski definition) is 1. The van der Waals surface area contributed by atoms with Crippen molar-refractivity contribution in [1.82, 2.24) is 20.3 Å². The van der Waals surface area contributed by atoms with Gasteiger partial charge < -0.3 is 9.84 Å². The van der Waals surface area contributed by atoms with E-state index in [4.69, 9.17) is 4.52 Å². The Kier molecular flexibility index (Phi) is 3.05. The minimum Gasteiger partial charge on any atom is -0.359 e. The monoisotopic (exact) mass is 220 g/mol. The molecule has 0 saturated heterocycles. The highest BCUT2D eigenvalue weighted by Crippen LogP contribution is 2.08. The summed E-state index contributed by atoms with van der Waals surface area (Å²) in [6.07, 6.45) is 0. The Morgan fingerprint density at radius 1 is 1.38 bits per heavy atom. The van der Waals surface area contributed by atoms with Crippen molar-refractivity contribution in [2.24, 2.45) is 0 Å². The summed E-state index contributed by atoms with van der Waals surface area (Å²) in [6.45, 7) is 5.37. The predicted molar refractivity (Wildman–Crippen MR) is 60.1 cm³/mol. The summed E-state index contributed by atoms with van der Waals surface area (Å²) in [5.74, 6) is 0.830. The number of rotatable bonds is 4. The smallest absolute Gasteiger partial charge is 0.158 e. The van der Waals surface area contributed by atoms with Crippen LogP contribution in [0.25, 0.3) is 0 Å². The van der Waals surface area contributed by atoms with Crippen LogP contribution in [0, 0.1) is 13.8 Å². The molecule has 1 N–H and O–H groups in total. The summed E-state index contributed by atoms with van der Waals surface area (Å²) >= 11 is 0. The largest absolute Gasteiger partial charge is 0.359 e. The standard InChI is InChI=1S/C11H16N4O/c1-8-4-9(2)15(13-8)7-11-5-10(6-12-3)14-16-11/h4-5,12H,6-7H2,1-3H3. The number of aryl methyl sites for hydroxylation is 2. The molecule has 2 heterocycles. The van der Waals surface area contributed by atoms with Crippen LogP contribution in [0.15, 0.2) is 16.7 Å². The Hall–Kier alpha value is -1.62. The van der Waals surface area contributed by atoms with E-state index in [1.165, 1.54) is 0 Å². The lowest BCUT2D eigenvalue weighted by molar-refractivity contribution is 0.364. The lowest BCUT2D eigenvalue weighted by atomic mass is 10.3. The minimum atomic E-state index is 0.635. The average Bonchev–Trinajstić information content (AvgIpc) is 2.76. The van der Waals surface area contributed by atoms with Crippen molar-refractivity contribution in [1.29, 1.82) is 0 Å². The first-order valence-corrected chi connectivity index (χ1v) is 5.29. The molecule has 0 aliphatic rings. The minimum absolute atomic E-state index is 0.635. The van der Waals surface area contributed by atoms with Gasteiger partial charge in [-0.2, -0.15) is 5.10 Å². The molecule has 0 radical (unpaired) electrons. The van der Waals surface area contributed by atoms with Crippen molar-refractivity contribution in [2.45, 2.75) is 26.9 Å². The van der Waals surface area contributed by atoms with Gasteiger partial charge >= 0.3 is 0 Å². The zero-order valence-electron chi connectivity index (χ0n) is 9.82. The van der Waals surface area contributed by atoms with E-state index in [-0.39, 0.29) is 0 Å². The second-order valence-corrected chi connectivity index (χ2v) is 3.90. The highest BCUT2D eigenvalue weighted by Gasteiger charge is 2.07. The maximum Gasteiger partial charge on any atom is 0.158 e. The fraction of sp³-hybridized carbons (Fsp3) is 0.455. The molecule has 0 aliphatic carbocycles. The summed E-state index contributed by atoms with van der Waals surface area (Å²) < 4.78 is 7.15. The predicted octanol–water partition coefficient (Wildman–Crippen LogP) is 1.26. The van der Waals surface area contributed by atoms with Crippen molar-refractivity contribution < 1.29 is 4.52 Å². The Balaban J connectivity index is 2.11. The van der Waals surface area contributed by atoms with Crippen molar-refractivity contribution in [3.63, 3.8) is 0 Å². The summed E-state index contributed by atoms with van der Waals surface area (Å²) in [6, 6.07) is 4.00. The lowest BCUT2D eigenvalue weighted by Gasteiger charge is -1.99. The normalized spacial score (nSPS) is 10.9. The summed E-state index contributed by atoms with van der Waals surface area (Å²) in [5, 5.41) is 11.4. The summed E-state index contributed by atoms with van der Waals surface area (Å²) in [4.78, 5) is 0. The van der Waals surface area contributed by atoms with Gasteiger partial charge in [0.25, 0.3) is 0 Å². The first-order valence-electron chi connectivity index (χ1n) is 5.29. The van der Waals surface area contributed by atoms with Gasteiger partial charge in [-0.1, -0.05) is 5.16 Å². The highest BCUT2D eigenvalue weighted by atomic mass is 16.5. The van der Waals surface area contributed by atoms with Gasteiger partial charge in [0.2, 0.25) is 0 Å². The molecule has 0 unspecified atom stereocenters. The molecule has 0 spiro atoms. The van der Waals surface area contributed by atoms with Gasteiger partial charge in [0.05, 0.1) is 11.4 Å². The second-order valence-electron chi connectivity index (χ2n) is 3.90. The molecule has 2 rings (SSSR count). The highest BCUT2D eigenvalue weighted by molar-refractivity contribution is 5.10. The molecular weight excluding hydrogens is 204 g/mol. The zero-order chi connectivity index (χ0) is 11.5. The van der Waals surface area contributed by atoms with Crippen LogP contribution in [0.2, 0.25) is 0 Å². The molecule has 0 amide bonds. The van der Waals surface area contributed by atoms with Crippen molar-refractivity contribution in [2.75, 3.05) is 7.05 Å². The van der Waals surface area contributed by atoms with Crippen molar-refractivity contribution >= 4 is 0 Å². The molecule has 0 aromatic carbocycles. The van der Waals surface area contributed by atoms with Crippen LogP contribution in [0.3, 0.4) is 0 Å². The molecule has 0 fully saturated rings. The van der Waals surface area contributed by atoms with E-state index in [1.807, 2.05) is 37.7 Å². The number of aromatic nitrogens is 3. The van der Waals surface area contributed by atoms with E-state index in [9.17, 15) is 0 Å². The average molecular weight is 220 g/mol. The van der Waals surface area contributed by atoms with Crippen LogP contribution in [0.4, 0.5) is 0 Å². The van der Waals surface area contributed by atoms with Crippen LogP contribution in [-0.2, 0) is 13.1 Å². The molecule has 86 valence electrons. The van der Waals surface area contributed by atoms with Gasteiger partial charge in [0.1, 0.15) is 6.54 Å². The molecule has 2 aromatic heterocycles. The van der Waals surface area contributed by atoms with Crippen LogP contribution in [-0.4, -0.2) is 22.0 Å². The SMILES string of the molecule is CNCc1cc(Cn2nc(C)cc2C)on1. The van der Waals surface area contributed by atoms with E-state index in [0.717, 1.165) is 29.4 Å². The first-order chi connectivity index (χ1) is 7.69. The zero-order valence-corrected chi connectivity index (χ0v) is 9.82. The fourth-order valence-electron chi connectivity index (χ4n) is 1.68. The maximum absolute atomic E-state index is 5.23. The molecule has 5 heteroatoms. The molecule has 0 bridgehead atoms. The van der Waals surface area contributed by atoms with Gasteiger partial charge in [-0.15, -0.1) is 0 Å². The molecule has 0 saturated carbocycles. The number of hydrogen-bond acceptors (Lipinski definition) is 4.